The summed E-state index contributed by atoms with van der Waals surface area (Å²) in [5.74, 6) is 0.535. The van der Waals surface area contributed by atoms with E-state index in [4.69, 9.17) is 4.98 Å². The number of piperidine rings is 1. The number of allylic oxidation sites excluding steroid dienone is 1. The van der Waals surface area contributed by atoms with Crippen LogP contribution < -0.4 is 10.6 Å². The van der Waals surface area contributed by atoms with Gasteiger partial charge >= 0.3 is 0 Å². The number of hydrogen-bond donors (Lipinski definition) is 2. The van der Waals surface area contributed by atoms with Gasteiger partial charge in [0.25, 0.3) is 0 Å². The van der Waals surface area contributed by atoms with Gasteiger partial charge in [-0.1, -0.05) is 46.3 Å². The van der Waals surface area contributed by atoms with Crippen LogP contribution >= 0.6 is 0 Å². The van der Waals surface area contributed by atoms with Gasteiger partial charge in [0.15, 0.2) is 0 Å². The van der Waals surface area contributed by atoms with Crippen LogP contribution in [0.15, 0.2) is 24.5 Å². The van der Waals surface area contributed by atoms with Crippen molar-refractivity contribution in [3.8, 4) is 0 Å². The summed E-state index contributed by atoms with van der Waals surface area (Å²) in [6.45, 7) is 13.0. The Morgan fingerprint density at radius 1 is 1.27 bits per heavy atom. The molecule has 1 saturated heterocycles. The Balaban J connectivity index is 2.35. The van der Waals surface area contributed by atoms with Crippen molar-refractivity contribution in [3.63, 3.8) is 0 Å². The molecule has 0 bridgehead atoms. The van der Waals surface area contributed by atoms with Crippen molar-refractivity contribution in [1.82, 2.24) is 15.6 Å². The van der Waals surface area contributed by atoms with Crippen LogP contribution in [-0.2, 0) is 0 Å². The largest absolute Gasteiger partial charge is 0.386 e. The molecule has 2 heterocycles. The minimum atomic E-state index is 0.535. The van der Waals surface area contributed by atoms with Gasteiger partial charge < -0.3 is 10.6 Å². The molecule has 1 aliphatic heterocycles. The molecule has 0 radical (unpaired) electrons. The second-order valence-corrected chi connectivity index (χ2v) is 7.37. The SMILES string of the molecule is C=Cc1ccnc(C(CCC)CCC)c1/C=C(\CC)NC1CCNCC1. The summed E-state index contributed by atoms with van der Waals surface area (Å²) in [6.07, 6.45) is 14.5. The first-order valence-electron chi connectivity index (χ1n) is 10.5. The zero-order valence-electron chi connectivity index (χ0n) is 17.0. The molecule has 2 rings (SSSR count). The molecule has 3 heteroatoms. The molecule has 3 nitrogen and oxygen atoms in total. The van der Waals surface area contributed by atoms with Crippen LogP contribution in [0, 0.1) is 0 Å². The third-order valence-electron chi connectivity index (χ3n) is 5.36. The van der Waals surface area contributed by atoms with Crippen molar-refractivity contribution in [1.29, 1.82) is 0 Å². The van der Waals surface area contributed by atoms with Crippen LogP contribution in [0.4, 0.5) is 0 Å². The van der Waals surface area contributed by atoms with E-state index in [0.29, 0.717) is 12.0 Å². The number of hydrogen-bond acceptors (Lipinski definition) is 3. The lowest BCUT2D eigenvalue weighted by Gasteiger charge is -2.26. The summed E-state index contributed by atoms with van der Waals surface area (Å²) in [4.78, 5) is 4.83. The Labute approximate surface area is 160 Å². The Kier molecular flexibility index (Phi) is 8.90. The van der Waals surface area contributed by atoms with E-state index >= 15 is 0 Å². The summed E-state index contributed by atoms with van der Waals surface area (Å²) in [6, 6.07) is 2.67. The minimum Gasteiger partial charge on any atom is -0.386 e. The van der Waals surface area contributed by atoms with E-state index in [0.717, 1.165) is 19.5 Å². The van der Waals surface area contributed by atoms with Crippen molar-refractivity contribution in [2.45, 2.75) is 77.7 Å². The Morgan fingerprint density at radius 2 is 1.96 bits per heavy atom. The number of rotatable bonds is 10. The van der Waals surface area contributed by atoms with Crippen molar-refractivity contribution in [2.24, 2.45) is 0 Å². The van der Waals surface area contributed by atoms with Gasteiger partial charge in [-0.2, -0.15) is 0 Å². The fourth-order valence-electron chi connectivity index (χ4n) is 3.93. The van der Waals surface area contributed by atoms with Gasteiger partial charge in [0.1, 0.15) is 0 Å². The first-order valence-corrected chi connectivity index (χ1v) is 10.5. The first kappa shape index (κ1) is 20.7. The van der Waals surface area contributed by atoms with Crippen LogP contribution in [0.1, 0.15) is 88.5 Å². The first-order chi connectivity index (χ1) is 12.7. The highest BCUT2D eigenvalue weighted by atomic mass is 15.0. The maximum atomic E-state index is 4.83. The molecule has 0 aliphatic carbocycles. The predicted octanol–water partition coefficient (Wildman–Crippen LogP) is 5.50. The highest BCUT2D eigenvalue weighted by molar-refractivity contribution is 5.67. The van der Waals surface area contributed by atoms with E-state index < -0.39 is 0 Å². The molecule has 0 atom stereocenters. The molecule has 0 aromatic carbocycles. The molecule has 0 unspecified atom stereocenters. The van der Waals surface area contributed by atoms with Gasteiger partial charge in [-0.25, -0.2) is 0 Å². The van der Waals surface area contributed by atoms with Gasteiger partial charge in [-0.05, 0) is 62.9 Å². The quantitative estimate of drug-likeness (QED) is 0.582. The second-order valence-electron chi connectivity index (χ2n) is 7.37. The maximum Gasteiger partial charge on any atom is 0.0513 e. The highest BCUT2D eigenvalue weighted by Gasteiger charge is 2.18. The molecule has 144 valence electrons. The van der Waals surface area contributed by atoms with Crippen molar-refractivity contribution < 1.29 is 0 Å². The summed E-state index contributed by atoms with van der Waals surface area (Å²) in [5.41, 5.74) is 5.04. The zero-order chi connectivity index (χ0) is 18.8. The van der Waals surface area contributed by atoms with Crippen molar-refractivity contribution >= 4 is 12.2 Å². The molecule has 1 fully saturated rings. The average molecular weight is 356 g/mol. The lowest BCUT2D eigenvalue weighted by atomic mass is 9.89. The fourth-order valence-corrected chi connectivity index (χ4v) is 3.93. The molecule has 1 aromatic rings. The molecule has 0 amide bonds. The standard InChI is InChI=1S/C23H37N3/c1-5-9-19(10-6-2)23-22(18(7-3)11-16-25-23)17-20(8-4)26-21-12-14-24-15-13-21/h7,11,16-17,19,21,24,26H,3,5-6,8-10,12-15H2,1-2,4H3/b20-17+. The van der Waals surface area contributed by atoms with Crippen LogP contribution in [0.3, 0.4) is 0 Å². The highest BCUT2D eigenvalue weighted by Crippen LogP contribution is 2.31. The number of aromatic nitrogens is 1. The van der Waals surface area contributed by atoms with Crippen molar-refractivity contribution in [3.05, 3.63) is 41.4 Å². The van der Waals surface area contributed by atoms with Crippen LogP contribution in [-0.4, -0.2) is 24.1 Å². The van der Waals surface area contributed by atoms with Crippen LogP contribution in [0.25, 0.3) is 12.2 Å². The number of nitrogens with one attached hydrogen (secondary N) is 2. The smallest absolute Gasteiger partial charge is 0.0513 e. The number of pyridine rings is 1. The van der Waals surface area contributed by atoms with Gasteiger partial charge in [-0.15, -0.1) is 0 Å². The summed E-state index contributed by atoms with van der Waals surface area (Å²) in [7, 11) is 0. The molecule has 0 spiro atoms. The van der Waals surface area contributed by atoms with Crippen molar-refractivity contribution in [2.75, 3.05) is 13.1 Å². The summed E-state index contributed by atoms with van der Waals surface area (Å²) >= 11 is 0. The third-order valence-corrected chi connectivity index (χ3v) is 5.36. The Bertz CT molecular complexity index is 579. The van der Waals surface area contributed by atoms with E-state index in [1.807, 2.05) is 12.3 Å². The molecule has 2 N–H and O–H groups in total. The van der Waals surface area contributed by atoms with Crippen LogP contribution in [0.2, 0.25) is 0 Å². The maximum absolute atomic E-state index is 4.83. The lowest BCUT2D eigenvalue weighted by Crippen LogP contribution is -2.39. The normalized spacial score (nSPS) is 16.1. The molecule has 0 saturated carbocycles. The van der Waals surface area contributed by atoms with E-state index in [-0.39, 0.29) is 0 Å². The van der Waals surface area contributed by atoms with E-state index in [9.17, 15) is 0 Å². The number of nitrogens with zero attached hydrogens (tertiary/aromatic N) is 1. The summed E-state index contributed by atoms with van der Waals surface area (Å²) < 4.78 is 0. The monoisotopic (exact) mass is 355 g/mol. The second kappa shape index (κ2) is 11.2. The van der Waals surface area contributed by atoms with Gasteiger partial charge in [-0.3, -0.25) is 4.98 Å². The zero-order valence-corrected chi connectivity index (χ0v) is 17.0. The van der Waals surface area contributed by atoms with Gasteiger partial charge in [0.2, 0.25) is 0 Å². The molecule has 1 aromatic heterocycles. The molecule has 26 heavy (non-hydrogen) atoms. The van der Waals surface area contributed by atoms with Crippen LogP contribution in [0.5, 0.6) is 0 Å². The summed E-state index contributed by atoms with van der Waals surface area (Å²) in [5, 5.41) is 7.24. The predicted molar refractivity (Wildman–Crippen MR) is 114 cm³/mol. The Morgan fingerprint density at radius 3 is 2.54 bits per heavy atom. The third kappa shape index (κ3) is 5.70. The fraction of sp³-hybridized carbons (Fsp3) is 0.609. The van der Waals surface area contributed by atoms with E-state index in [1.165, 1.54) is 61.0 Å². The lowest BCUT2D eigenvalue weighted by molar-refractivity contribution is 0.409. The van der Waals surface area contributed by atoms with E-state index in [1.54, 1.807) is 0 Å². The van der Waals surface area contributed by atoms with Gasteiger partial charge in [0.05, 0.1) is 5.69 Å². The topological polar surface area (TPSA) is 37.0 Å². The Hall–Kier alpha value is -1.61. The molecular weight excluding hydrogens is 318 g/mol. The molecular formula is C23H37N3. The molecule has 1 aliphatic rings. The average Bonchev–Trinajstić information content (AvgIpc) is 2.68. The van der Waals surface area contributed by atoms with Gasteiger partial charge in [0, 0.05) is 29.4 Å². The van der Waals surface area contributed by atoms with E-state index in [2.05, 4.69) is 50.1 Å². The minimum absolute atomic E-state index is 0.535.